The van der Waals surface area contributed by atoms with Gasteiger partial charge in [0.2, 0.25) is 0 Å². The molecule has 2 nitrogen and oxygen atoms in total. The fraction of sp³-hybridized carbons (Fsp3) is 0.533. The van der Waals surface area contributed by atoms with Crippen molar-refractivity contribution >= 4 is 5.78 Å². The van der Waals surface area contributed by atoms with Crippen LogP contribution >= 0.6 is 0 Å². The maximum absolute atomic E-state index is 11.1. The minimum absolute atomic E-state index is 0.220. The second kappa shape index (κ2) is 5.35. The Balaban J connectivity index is 1.92. The number of hydrogen-bond acceptors (Lipinski definition) is 2. The molecule has 17 heavy (non-hydrogen) atoms. The standard InChI is InChI=1S/C15H20O2/c1-11(2)12-3-7-14(8-4-12)17-15-9-5-13(16)6-10-15/h3-4,7-8,11,15H,5-6,9-10H2,1-2H3. The Morgan fingerprint density at radius 3 is 2.24 bits per heavy atom. The second-order valence-corrected chi connectivity index (χ2v) is 5.08. The highest BCUT2D eigenvalue weighted by molar-refractivity contribution is 5.79. The summed E-state index contributed by atoms with van der Waals surface area (Å²) < 4.78 is 5.89. The maximum Gasteiger partial charge on any atom is 0.133 e. The molecule has 0 unspecified atom stereocenters. The summed E-state index contributed by atoms with van der Waals surface area (Å²) in [6, 6.07) is 8.31. The molecular weight excluding hydrogens is 212 g/mol. The van der Waals surface area contributed by atoms with Crippen molar-refractivity contribution in [2.45, 2.75) is 51.6 Å². The summed E-state index contributed by atoms with van der Waals surface area (Å²) in [6.45, 7) is 4.37. The van der Waals surface area contributed by atoms with Crippen LogP contribution < -0.4 is 4.74 Å². The van der Waals surface area contributed by atoms with Crippen LogP contribution in [0.2, 0.25) is 0 Å². The normalized spacial score (nSPS) is 17.5. The van der Waals surface area contributed by atoms with Crippen LogP contribution in [-0.2, 0) is 4.79 Å². The quantitative estimate of drug-likeness (QED) is 0.794. The van der Waals surface area contributed by atoms with Gasteiger partial charge in [0.05, 0.1) is 6.10 Å². The fourth-order valence-electron chi connectivity index (χ4n) is 2.15. The molecule has 2 rings (SSSR count). The molecule has 1 fully saturated rings. The molecule has 1 saturated carbocycles. The number of carbonyl (C=O) groups excluding carboxylic acids is 1. The summed E-state index contributed by atoms with van der Waals surface area (Å²) in [5.41, 5.74) is 1.33. The lowest BCUT2D eigenvalue weighted by atomic mass is 9.96. The lowest BCUT2D eigenvalue weighted by molar-refractivity contribution is -0.121. The van der Waals surface area contributed by atoms with Crippen LogP contribution in [0.5, 0.6) is 5.75 Å². The van der Waals surface area contributed by atoms with E-state index in [1.54, 1.807) is 0 Å². The van der Waals surface area contributed by atoms with Gasteiger partial charge >= 0.3 is 0 Å². The van der Waals surface area contributed by atoms with Crippen molar-refractivity contribution in [2.75, 3.05) is 0 Å². The van der Waals surface area contributed by atoms with Crippen molar-refractivity contribution in [2.24, 2.45) is 0 Å². The Labute approximate surface area is 103 Å². The van der Waals surface area contributed by atoms with Gasteiger partial charge < -0.3 is 4.74 Å². The van der Waals surface area contributed by atoms with Gasteiger partial charge in [0.25, 0.3) is 0 Å². The monoisotopic (exact) mass is 232 g/mol. The van der Waals surface area contributed by atoms with Crippen molar-refractivity contribution in [1.29, 1.82) is 0 Å². The average molecular weight is 232 g/mol. The smallest absolute Gasteiger partial charge is 0.133 e. The number of rotatable bonds is 3. The van der Waals surface area contributed by atoms with E-state index in [2.05, 4.69) is 26.0 Å². The van der Waals surface area contributed by atoms with E-state index in [0.717, 1.165) is 18.6 Å². The lowest BCUT2D eigenvalue weighted by Crippen LogP contribution is -2.23. The van der Waals surface area contributed by atoms with Gasteiger partial charge in [-0.3, -0.25) is 4.79 Å². The van der Waals surface area contributed by atoms with E-state index >= 15 is 0 Å². The molecule has 0 atom stereocenters. The largest absolute Gasteiger partial charge is 0.490 e. The third-order valence-electron chi connectivity index (χ3n) is 3.34. The zero-order chi connectivity index (χ0) is 12.3. The first-order valence-electron chi connectivity index (χ1n) is 6.43. The average Bonchev–Trinajstić information content (AvgIpc) is 2.33. The van der Waals surface area contributed by atoms with E-state index in [9.17, 15) is 4.79 Å². The molecule has 1 aromatic rings. The van der Waals surface area contributed by atoms with Gasteiger partial charge in [0.1, 0.15) is 11.5 Å². The van der Waals surface area contributed by atoms with E-state index in [-0.39, 0.29) is 6.10 Å². The summed E-state index contributed by atoms with van der Waals surface area (Å²) in [5.74, 6) is 1.85. The summed E-state index contributed by atoms with van der Waals surface area (Å²) >= 11 is 0. The van der Waals surface area contributed by atoms with E-state index < -0.39 is 0 Å². The van der Waals surface area contributed by atoms with Crippen LogP contribution in [0.25, 0.3) is 0 Å². The van der Waals surface area contributed by atoms with E-state index in [1.807, 2.05) is 12.1 Å². The van der Waals surface area contributed by atoms with Gasteiger partial charge in [-0.1, -0.05) is 26.0 Å². The molecule has 92 valence electrons. The fourth-order valence-corrected chi connectivity index (χ4v) is 2.15. The Kier molecular flexibility index (Phi) is 3.82. The van der Waals surface area contributed by atoms with Crippen LogP contribution in [-0.4, -0.2) is 11.9 Å². The zero-order valence-electron chi connectivity index (χ0n) is 10.6. The summed E-state index contributed by atoms with van der Waals surface area (Å²) in [6.07, 6.45) is 3.30. The van der Waals surface area contributed by atoms with Gasteiger partial charge in [-0.05, 0) is 36.5 Å². The minimum atomic E-state index is 0.220. The molecule has 0 aromatic heterocycles. The van der Waals surface area contributed by atoms with Gasteiger partial charge in [0.15, 0.2) is 0 Å². The minimum Gasteiger partial charge on any atom is -0.490 e. The summed E-state index contributed by atoms with van der Waals surface area (Å²) in [5, 5.41) is 0. The second-order valence-electron chi connectivity index (χ2n) is 5.08. The van der Waals surface area contributed by atoms with Crippen LogP contribution in [0.3, 0.4) is 0 Å². The molecule has 0 N–H and O–H groups in total. The third kappa shape index (κ3) is 3.32. The first-order valence-corrected chi connectivity index (χ1v) is 6.43. The van der Waals surface area contributed by atoms with Gasteiger partial charge in [-0.15, -0.1) is 0 Å². The number of benzene rings is 1. The highest BCUT2D eigenvalue weighted by Crippen LogP contribution is 2.23. The number of Topliss-reactive ketones (excluding diaryl/α,β-unsaturated/α-hetero) is 1. The van der Waals surface area contributed by atoms with Crippen molar-refractivity contribution in [3.8, 4) is 5.75 Å². The Bertz CT molecular complexity index is 368. The molecule has 2 heteroatoms. The number of ketones is 1. The molecule has 1 aliphatic carbocycles. The first kappa shape index (κ1) is 12.2. The SMILES string of the molecule is CC(C)c1ccc(OC2CCC(=O)CC2)cc1. The third-order valence-corrected chi connectivity index (χ3v) is 3.34. The van der Waals surface area contributed by atoms with Crippen molar-refractivity contribution < 1.29 is 9.53 Å². The van der Waals surface area contributed by atoms with Crippen LogP contribution in [0.4, 0.5) is 0 Å². The predicted octanol–water partition coefficient (Wildman–Crippen LogP) is 3.70. The Morgan fingerprint density at radius 1 is 1.12 bits per heavy atom. The molecule has 0 heterocycles. The van der Waals surface area contributed by atoms with Gasteiger partial charge in [-0.2, -0.15) is 0 Å². The molecule has 0 aliphatic heterocycles. The van der Waals surface area contributed by atoms with Crippen molar-refractivity contribution in [3.05, 3.63) is 29.8 Å². The number of ether oxygens (including phenoxy) is 1. The van der Waals surface area contributed by atoms with Crippen LogP contribution in [0, 0.1) is 0 Å². The first-order chi connectivity index (χ1) is 8.15. The lowest BCUT2D eigenvalue weighted by Gasteiger charge is -2.22. The van der Waals surface area contributed by atoms with Gasteiger partial charge in [0, 0.05) is 12.8 Å². The van der Waals surface area contributed by atoms with Crippen LogP contribution in [0.15, 0.2) is 24.3 Å². The molecule has 0 saturated heterocycles. The summed E-state index contributed by atoms with van der Waals surface area (Å²) in [4.78, 5) is 11.1. The topological polar surface area (TPSA) is 26.3 Å². The molecule has 1 aromatic carbocycles. The maximum atomic E-state index is 11.1. The Hall–Kier alpha value is -1.31. The molecule has 1 aliphatic rings. The molecule has 0 radical (unpaired) electrons. The van der Waals surface area contributed by atoms with Crippen LogP contribution in [0.1, 0.15) is 51.0 Å². The number of carbonyl (C=O) groups is 1. The highest BCUT2D eigenvalue weighted by Gasteiger charge is 2.19. The predicted molar refractivity (Wildman–Crippen MR) is 68.4 cm³/mol. The molecule has 0 spiro atoms. The van der Waals surface area contributed by atoms with E-state index in [1.165, 1.54) is 5.56 Å². The zero-order valence-corrected chi connectivity index (χ0v) is 10.6. The van der Waals surface area contributed by atoms with Crippen molar-refractivity contribution in [1.82, 2.24) is 0 Å². The molecule has 0 bridgehead atoms. The molecule has 0 amide bonds. The summed E-state index contributed by atoms with van der Waals surface area (Å²) in [7, 11) is 0. The Morgan fingerprint density at radius 2 is 1.71 bits per heavy atom. The van der Waals surface area contributed by atoms with Crippen molar-refractivity contribution in [3.63, 3.8) is 0 Å². The highest BCUT2D eigenvalue weighted by atomic mass is 16.5. The molecular formula is C15H20O2. The van der Waals surface area contributed by atoms with Gasteiger partial charge in [-0.25, -0.2) is 0 Å². The van der Waals surface area contributed by atoms with E-state index in [4.69, 9.17) is 4.74 Å². The van der Waals surface area contributed by atoms with E-state index in [0.29, 0.717) is 24.5 Å². The number of hydrogen-bond donors (Lipinski definition) is 0.